The number of carbonyl (C=O) groups is 1. The molecule has 4 nitrogen and oxygen atoms in total. The molecule has 0 saturated carbocycles. The Bertz CT molecular complexity index is 426. The van der Waals surface area contributed by atoms with Crippen LogP contribution in [-0.2, 0) is 11.3 Å². The molecular formula is C16H27N3O. The molecular weight excluding hydrogens is 250 g/mol. The smallest absolute Gasteiger partial charge is 0.227 e. The lowest BCUT2D eigenvalue weighted by Crippen LogP contribution is -2.41. The van der Waals surface area contributed by atoms with Crippen LogP contribution in [0.4, 0.5) is 5.69 Å². The predicted octanol–water partition coefficient (Wildman–Crippen LogP) is 2.08. The highest BCUT2D eigenvalue weighted by atomic mass is 16.2. The summed E-state index contributed by atoms with van der Waals surface area (Å²) < 4.78 is 0. The van der Waals surface area contributed by atoms with Gasteiger partial charge in [0.05, 0.1) is 5.92 Å². The van der Waals surface area contributed by atoms with E-state index < -0.39 is 0 Å². The molecule has 4 heteroatoms. The van der Waals surface area contributed by atoms with E-state index in [0.717, 1.165) is 11.3 Å². The topological polar surface area (TPSA) is 49.6 Å². The van der Waals surface area contributed by atoms with E-state index in [2.05, 4.69) is 29.2 Å². The number of hydrogen-bond donors (Lipinski definition) is 1. The van der Waals surface area contributed by atoms with Gasteiger partial charge in [0.1, 0.15) is 0 Å². The maximum Gasteiger partial charge on any atom is 0.227 e. The third-order valence-corrected chi connectivity index (χ3v) is 3.70. The Morgan fingerprint density at radius 3 is 2.15 bits per heavy atom. The van der Waals surface area contributed by atoms with E-state index in [1.165, 1.54) is 0 Å². The zero-order chi connectivity index (χ0) is 15.3. The maximum atomic E-state index is 12.3. The van der Waals surface area contributed by atoms with Gasteiger partial charge in [0, 0.05) is 38.9 Å². The van der Waals surface area contributed by atoms with Crippen molar-refractivity contribution < 1.29 is 4.79 Å². The largest absolute Gasteiger partial charge is 0.378 e. The molecule has 2 unspecified atom stereocenters. The Morgan fingerprint density at radius 2 is 1.75 bits per heavy atom. The number of nitrogens with zero attached hydrogens (tertiary/aromatic N) is 2. The van der Waals surface area contributed by atoms with E-state index in [0.29, 0.717) is 13.1 Å². The summed E-state index contributed by atoms with van der Waals surface area (Å²) >= 11 is 0. The molecule has 0 heterocycles. The molecule has 0 spiro atoms. The number of rotatable bonds is 6. The molecule has 2 atom stereocenters. The lowest BCUT2D eigenvalue weighted by atomic mass is 10.0. The first-order valence-electron chi connectivity index (χ1n) is 7.17. The molecule has 112 valence electrons. The molecule has 20 heavy (non-hydrogen) atoms. The molecule has 2 N–H and O–H groups in total. The van der Waals surface area contributed by atoms with Crippen LogP contribution in [0.15, 0.2) is 24.3 Å². The third-order valence-electron chi connectivity index (χ3n) is 3.70. The van der Waals surface area contributed by atoms with Crippen molar-refractivity contribution in [1.29, 1.82) is 0 Å². The van der Waals surface area contributed by atoms with Crippen LogP contribution < -0.4 is 10.6 Å². The zero-order valence-corrected chi connectivity index (χ0v) is 13.3. The number of amides is 1. The molecule has 1 rings (SSSR count). The third kappa shape index (κ3) is 4.23. The van der Waals surface area contributed by atoms with E-state index in [4.69, 9.17) is 5.73 Å². The van der Waals surface area contributed by atoms with Gasteiger partial charge in [-0.15, -0.1) is 0 Å². The second kappa shape index (κ2) is 7.29. The molecule has 0 aliphatic heterocycles. The Morgan fingerprint density at radius 1 is 1.20 bits per heavy atom. The van der Waals surface area contributed by atoms with Gasteiger partial charge in [0.25, 0.3) is 0 Å². The molecule has 0 aliphatic carbocycles. The van der Waals surface area contributed by atoms with Crippen molar-refractivity contribution in [3.05, 3.63) is 29.8 Å². The van der Waals surface area contributed by atoms with Gasteiger partial charge in [-0.1, -0.05) is 19.1 Å². The van der Waals surface area contributed by atoms with Gasteiger partial charge < -0.3 is 15.5 Å². The minimum atomic E-state index is -0.143. The van der Waals surface area contributed by atoms with Crippen molar-refractivity contribution in [3.63, 3.8) is 0 Å². The summed E-state index contributed by atoms with van der Waals surface area (Å²) in [4.78, 5) is 16.3. The quantitative estimate of drug-likeness (QED) is 0.866. The van der Waals surface area contributed by atoms with Crippen LogP contribution in [-0.4, -0.2) is 37.5 Å². The molecule has 0 fully saturated rings. The summed E-state index contributed by atoms with van der Waals surface area (Å²) in [5, 5.41) is 0. The van der Waals surface area contributed by atoms with E-state index in [1.54, 1.807) is 0 Å². The van der Waals surface area contributed by atoms with E-state index in [1.807, 2.05) is 39.8 Å². The lowest BCUT2D eigenvalue weighted by Gasteiger charge is -2.26. The summed E-state index contributed by atoms with van der Waals surface area (Å²) in [7, 11) is 4.03. The number of anilines is 1. The number of benzene rings is 1. The first-order valence-corrected chi connectivity index (χ1v) is 7.17. The maximum absolute atomic E-state index is 12.3. The molecule has 1 aromatic carbocycles. The Balaban J connectivity index is 2.75. The summed E-state index contributed by atoms with van der Waals surface area (Å²) in [5.74, 6) is -0.0183. The average molecular weight is 277 g/mol. The summed E-state index contributed by atoms with van der Waals surface area (Å²) in [6.45, 7) is 7.11. The molecule has 0 radical (unpaired) electrons. The first kappa shape index (κ1) is 16.5. The minimum Gasteiger partial charge on any atom is -0.378 e. The van der Waals surface area contributed by atoms with Gasteiger partial charge in [-0.2, -0.15) is 0 Å². The Kier molecular flexibility index (Phi) is 6.02. The Labute approximate surface area is 122 Å². The standard InChI is InChI=1S/C16H27N3O/c1-6-19(16(20)12(2)13(3)17)11-14-7-9-15(10-8-14)18(4)5/h7-10,12-13H,6,11,17H2,1-5H3. The van der Waals surface area contributed by atoms with Crippen LogP contribution in [0.5, 0.6) is 0 Å². The van der Waals surface area contributed by atoms with Crippen LogP contribution in [0, 0.1) is 5.92 Å². The SMILES string of the molecule is CCN(Cc1ccc(N(C)C)cc1)C(=O)C(C)C(C)N. The molecule has 0 bridgehead atoms. The summed E-state index contributed by atoms with van der Waals surface area (Å²) in [5.41, 5.74) is 8.12. The second-order valence-electron chi connectivity index (χ2n) is 5.56. The van der Waals surface area contributed by atoms with E-state index in [9.17, 15) is 4.79 Å². The van der Waals surface area contributed by atoms with E-state index in [-0.39, 0.29) is 17.9 Å². The summed E-state index contributed by atoms with van der Waals surface area (Å²) in [6.07, 6.45) is 0. The minimum absolute atomic E-state index is 0.118. The molecule has 1 amide bonds. The number of nitrogens with two attached hydrogens (primary N) is 1. The van der Waals surface area contributed by atoms with Crippen molar-refractivity contribution in [3.8, 4) is 0 Å². The molecule has 0 aromatic heterocycles. The highest BCUT2D eigenvalue weighted by Crippen LogP contribution is 2.15. The van der Waals surface area contributed by atoms with Crippen LogP contribution in [0.2, 0.25) is 0 Å². The van der Waals surface area contributed by atoms with Crippen LogP contribution in [0.25, 0.3) is 0 Å². The van der Waals surface area contributed by atoms with Gasteiger partial charge in [-0.25, -0.2) is 0 Å². The van der Waals surface area contributed by atoms with Gasteiger partial charge in [0.15, 0.2) is 0 Å². The van der Waals surface area contributed by atoms with Crippen LogP contribution in [0.1, 0.15) is 26.3 Å². The van der Waals surface area contributed by atoms with Crippen molar-refractivity contribution in [1.82, 2.24) is 4.90 Å². The number of hydrogen-bond acceptors (Lipinski definition) is 3. The van der Waals surface area contributed by atoms with Crippen molar-refractivity contribution in [2.45, 2.75) is 33.4 Å². The fraction of sp³-hybridized carbons (Fsp3) is 0.562. The van der Waals surface area contributed by atoms with Crippen molar-refractivity contribution in [2.24, 2.45) is 11.7 Å². The van der Waals surface area contributed by atoms with Crippen LogP contribution >= 0.6 is 0 Å². The van der Waals surface area contributed by atoms with Crippen molar-refractivity contribution >= 4 is 11.6 Å². The fourth-order valence-corrected chi connectivity index (χ4v) is 1.98. The predicted molar refractivity (Wildman–Crippen MR) is 84.7 cm³/mol. The summed E-state index contributed by atoms with van der Waals surface area (Å²) in [6, 6.07) is 8.17. The normalized spacial score (nSPS) is 13.7. The first-order chi connectivity index (χ1) is 9.36. The zero-order valence-electron chi connectivity index (χ0n) is 13.3. The van der Waals surface area contributed by atoms with Gasteiger partial charge >= 0.3 is 0 Å². The van der Waals surface area contributed by atoms with E-state index >= 15 is 0 Å². The van der Waals surface area contributed by atoms with Gasteiger partial charge in [-0.05, 0) is 31.5 Å². The van der Waals surface area contributed by atoms with Crippen LogP contribution in [0.3, 0.4) is 0 Å². The second-order valence-corrected chi connectivity index (χ2v) is 5.56. The molecule has 1 aromatic rings. The Hall–Kier alpha value is -1.55. The average Bonchev–Trinajstić information content (AvgIpc) is 2.43. The molecule has 0 saturated heterocycles. The molecule has 0 aliphatic rings. The number of carbonyl (C=O) groups excluding carboxylic acids is 1. The van der Waals surface area contributed by atoms with Gasteiger partial charge in [0.2, 0.25) is 5.91 Å². The van der Waals surface area contributed by atoms with Gasteiger partial charge in [-0.3, -0.25) is 4.79 Å². The fourth-order valence-electron chi connectivity index (χ4n) is 1.98. The lowest BCUT2D eigenvalue weighted by molar-refractivity contribution is -0.135. The highest BCUT2D eigenvalue weighted by molar-refractivity contribution is 5.79. The highest BCUT2D eigenvalue weighted by Gasteiger charge is 2.22. The van der Waals surface area contributed by atoms with Crippen molar-refractivity contribution in [2.75, 3.05) is 25.5 Å². The monoisotopic (exact) mass is 277 g/mol.